The Balaban J connectivity index is 2.26. The van der Waals surface area contributed by atoms with Crippen LogP contribution in [-0.4, -0.2) is 21.4 Å². The molecule has 0 spiro atoms. The van der Waals surface area contributed by atoms with Crippen LogP contribution in [0, 0.1) is 0 Å². The smallest absolute Gasteiger partial charge is 0.269 e. The molecule has 0 heterocycles. The first-order valence-electron chi connectivity index (χ1n) is 6.08. The van der Waals surface area contributed by atoms with E-state index in [1.165, 1.54) is 48.5 Å². The van der Waals surface area contributed by atoms with Crippen LogP contribution in [0.1, 0.15) is 5.56 Å². The van der Waals surface area contributed by atoms with Crippen molar-refractivity contribution in [3.8, 4) is 0 Å². The van der Waals surface area contributed by atoms with Gasteiger partial charge in [0.15, 0.2) is 0 Å². The standard InChI is InChI=1S/C13H14N2O5S2/c14-11-4-6-13(7-5-11)22(19,20)15-12-3-1-2-10(8-12)9-21(16,17)18/h1-8,15H,9,14H2,(H,16,17,18). The molecule has 0 radical (unpaired) electrons. The van der Waals surface area contributed by atoms with Gasteiger partial charge >= 0.3 is 0 Å². The van der Waals surface area contributed by atoms with Crippen molar-refractivity contribution < 1.29 is 21.4 Å². The molecule has 0 fully saturated rings. The van der Waals surface area contributed by atoms with E-state index in [9.17, 15) is 16.8 Å². The molecule has 0 aliphatic rings. The minimum absolute atomic E-state index is 0.0295. The number of nitrogen functional groups attached to an aromatic ring is 1. The summed E-state index contributed by atoms with van der Waals surface area (Å²) in [6.07, 6.45) is 0. The molecule has 0 amide bonds. The zero-order valence-electron chi connectivity index (χ0n) is 11.3. The van der Waals surface area contributed by atoms with Crippen LogP contribution in [-0.2, 0) is 25.9 Å². The molecule has 0 unspecified atom stereocenters. The van der Waals surface area contributed by atoms with Crippen molar-refractivity contribution in [2.75, 3.05) is 10.5 Å². The predicted octanol–water partition coefficient (Wildman–Crippen LogP) is 1.46. The maximum atomic E-state index is 12.2. The molecule has 0 aliphatic carbocycles. The van der Waals surface area contributed by atoms with E-state index in [0.29, 0.717) is 5.69 Å². The third-order valence-electron chi connectivity index (χ3n) is 2.72. The van der Waals surface area contributed by atoms with Crippen molar-refractivity contribution in [1.82, 2.24) is 0 Å². The van der Waals surface area contributed by atoms with Gasteiger partial charge in [-0.15, -0.1) is 0 Å². The molecule has 2 aromatic carbocycles. The third kappa shape index (κ3) is 4.45. The van der Waals surface area contributed by atoms with Gasteiger partial charge in [-0.2, -0.15) is 8.42 Å². The van der Waals surface area contributed by atoms with Crippen LogP contribution in [0.25, 0.3) is 0 Å². The quantitative estimate of drug-likeness (QED) is 0.558. The fourth-order valence-electron chi connectivity index (χ4n) is 1.80. The number of nitrogens with two attached hydrogens (primary N) is 1. The highest BCUT2D eigenvalue weighted by molar-refractivity contribution is 7.92. The summed E-state index contributed by atoms with van der Waals surface area (Å²) in [6, 6.07) is 11.4. The van der Waals surface area contributed by atoms with Crippen LogP contribution in [0.2, 0.25) is 0 Å². The summed E-state index contributed by atoms with van der Waals surface area (Å²) in [7, 11) is -7.99. The molecule has 0 aromatic heterocycles. The van der Waals surface area contributed by atoms with Gasteiger partial charge in [-0.25, -0.2) is 8.42 Å². The molecule has 0 saturated heterocycles. The summed E-state index contributed by atoms with van der Waals surface area (Å²) in [5.74, 6) is -0.593. The van der Waals surface area contributed by atoms with Crippen LogP contribution in [0.15, 0.2) is 53.4 Å². The second kappa shape index (κ2) is 5.95. The van der Waals surface area contributed by atoms with Gasteiger partial charge in [-0.1, -0.05) is 12.1 Å². The van der Waals surface area contributed by atoms with Crippen molar-refractivity contribution in [3.05, 3.63) is 54.1 Å². The Morgan fingerprint density at radius 3 is 2.23 bits per heavy atom. The molecule has 22 heavy (non-hydrogen) atoms. The lowest BCUT2D eigenvalue weighted by Gasteiger charge is -2.09. The summed E-state index contributed by atoms with van der Waals surface area (Å²) >= 11 is 0. The molecule has 2 rings (SSSR count). The molecule has 0 atom stereocenters. The first-order chi connectivity index (χ1) is 10.2. The molecule has 118 valence electrons. The van der Waals surface area contributed by atoms with Crippen LogP contribution in [0.5, 0.6) is 0 Å². The van der Waals surface area contributed by atoms with Gasteiger partial charge in [0.1, 0.15) is 5.75 Å². The molecular formula is C13H14N2O5S2. The molecule has 2 aromatic rings. The molecule has 0 aliphatic heterocycles. The lowest BCUT2D eigenvalue weighted by Crippen LogP contribution is -2.13. The Hall–Kier alpha value is -2.10. The largest absolute Gasteiger partial charge is 0.399 e. The average Bonchev–Trinajstić information content (AvgIpc) is 2.37. The number of anilines is 2. The van der Waals surface area contributed by atoms with Crippen molar-refractivity contribution in [1.29, 1.82) is 0 Å². The molecule has 0 bridgehead atoms. The highest BCUT2D eigenvalue weighted by Gasteiger charge is 2.14. The zero-order valence-corrected chi connectivity index (χ0v) is 12.9. The summed E-state index contributed by atoms with van der Waals surface area (Å²) in [6.45, 7) is 0. The van der Waals surface area contributed by atoms with Gasteiger partial charge in [0.2, 0.25) is 0 Å². The number of sulfonamides is 1. The van der Waals surface area contributed by atoms with E-state index in [1.807, 2.05) is 0 Å². The molecule has 0 saturated carbocycles. The summed E-state index contributed by atoms with van der Waals surface area (Å²) in [5.41, 5.74) is 6.40. The van der Waals surface area contributed by atoms with E-state index in [0.717, 1.165) is 0 Å². The van der Waals surface area contributed by atoms with Gasteiger partial charge in [-0.05, 0) is 42.0 Å². The average molecular weight is 342 g/mol. The van der Waals surface area contributed by atoms with E-state index in [1.54, 1.807) is 0 Å². The van der Waals surface area contributed by atoms with Crippen LogP contribution in [0.3, 0.4) is 0 Å². The Bertz CT molecular complexity index is 875. The number of hydrogen-bond donors (Lipinski definition) is 3. The minimum Gasteiger partial charge on any atom is -0.399 e. The lowest BCUT2D eigenvalue weighted by atomic mass is 10.2. The van der Waals surface area contributed by atoms with E-state index in [-0.39, 0.29) is 16.1 Å². The van der Waals surface area contributed by atoms with Crippen molar-refractivity contribution >= 4 is 31.5 Å². The number of nitrogens with one attached hydrogen (secondary N) is 1. The fraction of sp³-hybridized carbons (Fsp3) is 0.0769. The molecular weight excluding hydrogens is 328 g/mol. The summed E-state index contributed by atoms with van der Waals surface area (Å²) < 4.78 is 57.2. The normalized spacial score (nSPS) is 12.0. The number of benzene rings is 2. The Morgan fingerprint density at radius 1 is 1.00 bits per heavy atom. The summed E-state index contributed by atoms with van der Waals surface area (Å²) in [5, 5.41) is 0. The van der Waals surface area contributed by atoms with E-state index in [4.69, 9.17) is 10.3 Å². The Kier molecular flexibility index (Phi) is 4.40. The minimum atomic E-state index is -4.19. The second-order valence-electron chi connectivity index (χ2n) is 4.60. The van der Waals surface area contributed by atoms with Crippen LogP contribution >= 0.6 is 0 Å². The second-order valence-corrected chi connectivity index (χ2v) is 7.74. The van der Waals surface area contributed by atoms with E-state index >= 15 is 0 Å². The van der Waals surface area contributed by atoms with Gasteiger partial charge in [-0.3, -0.25) is 9.27 Å². The SMILES string of the molecule is Nc1ccc(S(=O)(=O)Nc2cccc(CS(=O)(=O)O)c2)cc1. The van der Waals surface area contributed by atoms with Gasteiger partial charge in [0.05, 0.1) is 4.90 Å². The van der Waals surface area contributed by atoms with Crippen molar-refractivity contribution in [2.45, 2.75) is 10.6 Å². The first-order valence-corrected chi connectivity index (χ1v) is 9.17. The zero-order chi connectivity index (χ0) is 16.4. The number of rotatable bonds is 5. The predicted molar refractivity (Wildman–Crippen MR) is 83.4 cm³/mol. The third-order valence-corrected chi connectivity index (χ3v) is 4.81. The topological polar surface area (TPSA) is 127 Å². The van der Waals surface area contributed by atoms with Crippen molar-refractivity contribution in [2.24, 2.45) is 0 Å². The van der Waals surface area contributed by atoms with E-state index < -0.39 is 25.9 Å². The lowest BCUT2D eigenvalue weighted by molar-refractivity contribution is 0.482. The maximum absolute atomic E-state index is 12.2. The van der Waals surface area contributed by atoms with E-state index in [2.05, 4.69) is 4.72 Å². The molecule has 4 N–H and O–H groups in total. The van der Waals surface area contributed by atoms with Crippen LogP contribution in [0.4, 0.5) is 11.4 Å². The van der Waals surface area contributed by atoms with Crippen LogP contribution < -0.4 is 10.5 Å². The number of hydrogen-bond acceptors (Lipinski definition) is 5. The fourth-order valence-corrected chi connectivity index (χ4v) is 3.45. The highest BCUT2D eigenvalue weighted by atomic mass is 32.2. The Morgan fingerprint density at radius 2 is 1.64 bits per heavy atom. The van der Waals surface area contributed by atoms with Gasteiger partial charge < -0.3 is 5.73 Å². The maximum Gasteiger partial charge on any atom is 0.269 e. The Labute approximate surface area is 128 Å². The van der Waals surface area contributed by atoms with Gasteiger partial charge in [0, 0.05) is 11.4 Å². The monoisotopic (exact) mass is 342 g/mol. The van der Waals surface area contributed by atoms with Gasteiger partial charge in [0.25, 0.3) is 20.1 Å². The first kappa shape index (κ1) is 16.3. The molecule has 9 heteroatoms. The molecule has 7 nitrogen and oxygen atoms in total. The van der Waals surface area contributed by atoms with Crippen molar-refractivity contribution in [3.63, 3.8) is 0 Å². The highest BCUT2D eigenvalue weighted by Crippen LogP contribution is 2.19. The summed E-state index contributed by atoms with van der Waals surface area (Å²) in [4.78, 5) is 0.0295.